The zero-order chi connectivity index (χ0) is 28.6. The van der Waals surface area contributed by atoms with Gasteiger partial charge in [0.2, 0.25) is 11.8 Å². The predicted molar refractivity (Wildman–Crippen MR) is 152 cm³/mol. The molecule has 0 spiro atoms. The molecule has 1 aliphatic heterocycles. The summed E-state index contributed by atoms with van der Waals surface area (Å²) in [6.45, 7) is 6.89. The molecule has 214 valence electrons. The van der Waals surface area contributed by atoms with E-state index in [2.05, 4.69) is 30.8 Å². The van der Waals surface area contributed by atoms with Crippen molar-refractivity contribution in [1.82, 2.24) is 35.5 Å². The average Bonchev–Trinajstić information content (AvgIpc) is 3.63. The highest BCUT2D eigenvalue weighted by atomic mass is 16.5. The lowest BCUT2D eigenvalue weighted by molar-refractivity contribution is -0.122. The number of amides is 2. The van der Waals surface area contributed by atoms with Crippen molar-refractivity contribution in [3.05, 3.63) is 83.5 Å². The van der Waals surface area contributed by atoms with E-state index in [1.165, 1.54) is 0 Å². The Morgan fingerprint density at radius 1 is 1.07 bits per heavy atom. The van der Waals surface area contributed by atoms with Gasteiger partial charge >= 0.3 is 0 Å². The molecule has 2 amide bonds. The number of fused-ring (bicyclic) bond motifs is 3. The van der Waals surface area contributed by atoms with Crippen LogP contribution in [0.25, 0.3) is 11.5 Å². The van der Waals surface area contributed by atoms with Crippen molar-refractivity contribution in [3.63, 3.8) is 0 Å². The van der Waals surface area contributed by atoms with E-state index in [9.17, 15) is 9.59 Å². The Labute approximate surface area is 238 Å². The van der Waals surface area contributed by atoms with Crippen LogP contribution in [-0.4, -0.2) is 62.4 Å². The zero-order valence-corrected chi connectivity index (χ0v) is 23.4. The maximum Gasteiger partial charge on any atom is 0.255 e. The van der Waals surface area contributed by atoms with E-state index in [1.807, 2.05) is 55.6 Å². The zero-order valence-electron chi connectivity index (χ0n) is 23.4. The van der Waals surface area contributed by atoms with Crippen molar-refractivity contribution in [1.29, 1.82) is 0 Å². The maximum atomic E-state index is 13.0. The molecule has 1 atom stereocenters. The number of carbonyl (C=O) groups excluding carboxylic acids is 2. The number of hydrogen-bond donors (Lipinski definition) is 2. The predicted octanol–water partition coefficient (Wildman–Crippen LogP) is 3.35. The molecule has 0 saturated carbocycles. The van der Waals surface area contributed by atoms with Crippen LogP contribution in [-0.2, 0) is 24.4 Å². The lowest BCUT2D eigenvalue weighted by Gasteiger charge is -2.20. The highest BCUT2D eigenvalue weighted by Crippen LogP contribution is 2.22. The van der Waals surface area contributed by atoms with Crippen LogP contribution in [0, 0.1) is 6.92 Å². The SMILES string of the molecule is Cc1ccc2c(c1)OCCCn1cc(nn1)CN(Cc1coc(-c3ccccc3)n1)CCCNC(=O)[C@@H](C)NC2=O. The summed E-state index contributed by atoms with van der Waals surface area (Å²) in [5, 5.41) is 14.4. The highest BCUT2D eigenvalue weighted by molar-refractivity contribution is 5.99. The molecule has 0 unspecified atom stereocenters. The second-order valence-corrected chi connectivity index (χ2v) is 10.2. The number of ether oxygens (including phenoxy) is 1. The number of carbonyl (C=O) groups is 2. The van der Waals surface area contributed by atoms with Gasteiger partial charge in [-0.05, 0) is 50.1 Å². The van der Waals surface area contributed by atoms with E-state index in [1.54, 1.807) is 23.9 Å². The molecule has 0 fully saturated rings. The first-order chi connectivity index (χ1) is 19.9. The van der Waals surface area contributed by atoms with Crippen LogP contribution in [0.15, 0.2) is 65.4 Å². The number of nitrogens with zero attached hydrogens (tertiary/aromatic N) is 5. The topological polar surface area (TPSA) is 127 Å². The molecule has 41 heavy (non-hydrogen) atoms. The standard InChI is InChI=1S/C30H35N7O4/c1-21-10-11-26-27(16-21)40-15-7-14-37-19-24(34-35-37)17-36(13-6-12-31-28(38)22(2)32-29(26)39)18-25-20-41-30(33-25)23-8-4-3-5-9-23/h3-5,8-11,16,19-20,22H,6-7,12-15,17-18H2,1-2H3,(H,31,38)(H,32,39)/t22-/m1/s1. The molecule has 1 aliphatic rings. The molecule has 2 aromatic carbocycles. The summed E-state index contributed by atoms with van der Waals surface area (Å²) in [7, 11) is 0. The van der Waals surface area contributed by atoms with E-state index in [0.29, 0.717) is 69.4 Å². The fourth-order valence-electron chi connectivity index (χ4n) is 4.64. The molecule has 11 heteroatoms. The third kappa shape index (κ3) is 7.57. The molecule has 3 heterocycles. The largest absolute Gasteiger partial charge is 0.493 e. The van der Waals surface area contributed by atoms with Gasteiger partial charge in [-0.25, -0.2) is 4.98 Å². The van der Waals surface area contributed by atoms with Crippen molar-refractivity contribution in [2.75, 3.05) is 19.7 Å². The van der Waals surface area contributed by atoms with Crippen LogP contribution in [0.4, 0.5) is 0 Å². The number of oxazole rings is 1. The second kappa shape index (κ2) is 13.2. The molecule has 2 bridgehead atoms. The number of benzene rings is 2. The normalized spacial score (nSPS) is 17.8. The van der Waals surface area contributed by atoms with Crippen LogP contribution in [0.3, 0.4) is 0 Å². The maximum absolute atomic E-state index is 13.0. The van der Waals surface area contributed by atoms with E-state index in [0.717, 1.165) is 22.5 Å². The average molecular weight is 558 g/mol. The lowest BCUT2D eigenvalue weighted by atomic mass is 10.1. The van der Waals surface area contributed by atoms with Crippen molar-refractivity contribution in [3.8, 4) is 17.2 Å². The Hall–Kier alpha value is -4.51. The van der Waals surface area contributed by atoms with Gasteiger partial charge in [0.15, 0.2) is 0 Å². The van der Waals surface area contributed by atoms with Crippen LogP contribution >= 0.6 is 0 Å². The summed E-state index contributed by atoms with van der Waals surface area (Å²) in [6.07, 6.45) is 5.00. The molecule has 2 N–H and O–H groups in total. The summed E-state index contributed by atoms with van der Waals surface area (Å²) in [5.74, 6) is 0.470. The summed E-state index contributed by atoms with van der Waals surface area (Å²) in [6, 6.07) is 14.5. The first-order valence-electron chi connectivity index (χ1n) is 13.9. The lowest BCUT2D eigenvalue weighted by Crippen LogP contribution is -2.45. The smallest absolute Gasteiger partial charge is 0.255 e. The molecular formula is C30H35N7O4. The van der Waals surface area contributed by atoms with Gasteiger partial charge in [0.1, 0.15) is 18.1 Å². The minimum absolute atomic E-state index is 0.246. The van der Waals surface area contributed by atoms with Gasteiger partial charge in [0.25, 0.3) is 5.91 Å². The highest BCUT2D eigenvalue weighted by Gasteiger charge is 2.20. The van der Waals surface area contributed by atoms with Gasteiger partial charge < -0.3 is 19.8 Å². The Balaban J connectivity index is 1.29. The Bertz CT molecular complexity index is 1470. The Kier molecular flexibility index (Phi) is 9.05. The molecule has 5 rings (SSSR count). The fourth-order valence-corrected chi connectivity index (χ4v) is 4.64. The van der Waals surface area contributed by atoms with Gasteiger partial charge in [-0.1, -0.05) is 29.5 Å². The molecular weight excluding hydrogens is 522 g/mol. The molecule has 0 saturated heterocycles. The monoisotopic (exact) mass is 557 g/mol. The summed E-state index contributed by atoms with van der Waals surface area (Å²) >= 11 is 0. The van der Waals surface area contributed by atoms with Crippen molar-refractivity contribution >= 4 is 11.8 Å². The Morgan fingerprint density at radius 3 is 2.78 bits per heavy atom. The van der Waals surface area contributed by atoms with Crippen LogP contribution in [0.5, 0.6) is 5.75 Å². The minimum Gasteiger partial charge on any atom is -0.493 e. The van der Waals surface area contributed by atoms with E-state index < -0.39 is 6.04 Å². The number of nitrogens with one attached hydrogen (secondary N) is 2. The quantitative estimate of drug-likeness (QED) is 0.393. The first-order valence-corrected chi connectivity index (χ1v) is 13.9. The molecule has 0 aliphatic carbocycles. The summed E-state index contributed by atoms with van der Waals surface area (Å²) in [4.78, 5) is 32.6. The van der Waals surface area contributed by atoms with Gasteiger partial charge in [0, 0.05) is 50.9 Å². The first kappa shape index (κ1) is 28.0. The van der Waals surface area contributed by atoms with Crippen LogP contribution in [0.2, 0.25) is 0 Å². The van der Waals surface area contributed by atoms with E-state index in [4.69, 9.17) is 9.15 Å². The van der Waals surface area contributed by atoms with Gasteiger partial charge in [-0.3, -0.25) is 19.2 Å². The van der Waals surface area contributed by atoms with Crippen molar-refractivity contribution < 1.29 is 18.7 Å². The van der Waals surface area contributed by atoms with Gasteiger partial charge in [0.05, 0.1) is 23.6 Å². The van der Waals surface area contributed by atoms with Crippen LogP contribution < -0.4 is 15.4 Å². The third-order valence-electron chi connectivity index (χ3n) is 6.79. The fraction of sp³-hybridized carbons (Fsp3) is 0.367. The summed E-state index contributed by atoms with van der Waals surface area (Å²) in [5.41, 5.74) is 3.94. The number of hydrogen-bond acceptors (Lipinski definition) is 8. The number of aryl methyl sites for hydroxylation is 2. The Morgan fingerprint density at radius 2 is 1.93 bits per heavy atom. The van der Waals surface area contributed by atoms with Gasteiger partial charge in [-0.2, -0.15) is 0 Å². The van der Waals surface area contributed by atoms with Gasteiger partial charge in [-0.15, -0.1) is 5.10 Å². The van der Waals surface area contributed by atoms with E-state index >= 15 is 0 Å². The van der Waals surface area contributed by atoms with Crippen molar-refractivity contribution in [2.24, 2.45) is 0 Å². The minimum atomic E-state index is -0.699. The third-order valence-corrected chi connectivity index (χ3v) is 6.79. The van der Waals surface area contributed by atoms with Crippen molar-refractivity contribution in [2.45, 2.75) is 52.4 Å². The molecule has 11 nitrogen and oxygen atoms in total. The number of aromatic nitrogens is 4. The molecule has 2 aromatic heterocycles. The van der Waals surface area contributed by atoms with E-state index in [-0.39, 0.29) is 11.8 Å². The summed E-state index contributed by atoms with van der Waals surface area (Å²) < 4.78 is 13.5. The second-order valence-electron chi connectivity index (χ2n) is 10.2. The van der Waals surface area contributed by atoms with Crippen LogP contribution in [0.1, 0.15) is 47.1 Å². The molecule has 4 aromatic rings. The molecule has 0 radical (unpaired) electrons. The number of rotatable bonds is 3.